The third kappa shape index (κ3) is 7.69. The van der Waals surface area contributed by atoms with Crippen LogP contribution in [0.15, 0.2) is 23.2 Å². The lowest BCUT2D eigenvalue weighted by molar-refractivity contribution is -0.120. The molecule has 0 bridgehead atoms. The highest BCUT2D eigenvalue weighted by atomic mass is 19.3. The Bertz CT molecular complexity index is 582. The zero-order chi connectivity index (χ0) is 18.7. The molecule has 0 saturated heterocycles. The summed E-state index contributed by atoms with van der Waals surface area (Å²) in [6.45, 7) is -0.147. The van der Waals surface area contributed by atoms with Crippen LogP contribution in [-0.2, 0) is 11.3 Å². The normalized spacial score (nSPS) is 11.2. The average molecular weight is 358 g/mol. The molecule has 7 nitrogen and oxygen atoms in total. The number of carbonyl (C=O) groups is 1. The van der Waals surface area contributed by atoms with E-state index in [0.29, 0.717) is 23.8 Å². The fourth-order valence-electron chi connectivity index (χ4n) is 1.92. The molecule has 0 unspecified atom stereocenters. The van der Waals surface area contributed by atoms with E-state index in [4.69, 9.17) is 4.74 Å². The molecular formula is C16H24F2N4O3. The van der Waals surface area contributed by atoms with Crippen molar-refractivity contribution in [1.82, 2.24) is 16.0 Å². The van der Waals surface area contributed by atoms with Crippen LogP contribution in [0.25, 0.3) is 0 Å². The van der Waals surface area contributed by atoms with E-state index in [-0.39, 0.29) is 24.7 Å². The van der Waals surface area contributed by atoms with Crippen molar-refractivity contribution in [2.45, 2.75) is 26.5 Å². The Kier molecular flexibility index (Phi) is 9.05. The third-order valence-electron chi connectivity index (χ3n) is 3.14. The zero-order valence-corrected chi connectivity index (χ0v) is 14.6. The van der Waals surface area contributed by atoms with Gasteiger partial charge in [-0.1, -0.05) is 6.92 Å². The van der Waals surface area contributed by atoms with Crippen molar-refractivity contribution in [3.8, 4) is 11.5 Å². The largest absolute Gasteiger partial charge is 0.497 e. The summed E-state index contributed by atoms with van der Waals surface area (Å²) in [5.74, 6) is 0.755. The molecule has 0 aromatic heterocycles. The smallest absolute Gasteiger partial charge is 0.387 e. The summed E-state index contributed by atoms with van der Waals surface area (Å²) in [7, 11) is 3.02. The number of hydrogen-bond donors (Lipinski definition) is 3. The Balaban J connectivity index is 2.65. The number of rotatable bonds is 9. The van der Waals surface area contributed by atoms with Crippen molar-refractivity contribution in [2.24, 2.45) is 4.99 Å². The molecule has 0 heterocycles. The van der Waals surface area contributed by atoms with E-state index in [2.05, 4.69) is 25.7 Å². The molecule has 0 saturated carbocycles. The maximum absolute atomic E-state index is 12.5. The van der Waals surface area contributed by atoms with Crippen molar-refractivity contribution in [3.05, 3.63) is 23.8 Å². The van der Waals surface area contributed by atoms with Crippen LogP contribution in [0.3, 0.4) is 0 Å². The van der Waals surface area contributed by atoms with Gasteiger partial charge in [0.1, 0.15) is 11.5 Å². The molecule has 25 heavy (non-hydrogen) atoms. The molecule has 0 aliphatic heterocycles. The number of nitrogens with zero attached hydrogens (tertiary/aromatic N) is 1. The first-order chi connectivity index (χ1) is 12.0. The van der Waals surface area contributed by atoms with Gasteiger partial charge in [-0.2, -0.15) is 8.78 Å². The summed E-state index contributed by atoms with van der Waals surface area (Å²) in [5, 5.41) is 8.51. The Morgan fingerprint density at radius 2 is 2.04 bits per heavy atom. The molecule has 1 aromatic carbocycles. The van der Waals surface area contributed by atoms with Gasteiger partial charge in [0.25, 0.3) is 0 Å². The lowest BCUT2D eigenvalue weighted by Crippen LogP contribution is -2.43. The van der Waals surface area contributed by atoms with E-state index < -0.39 is 6.61 Å². The van der Waals surface area contributed by atoms with Gasteiger partial charge in [-0.3, -0.25) is 9.79 Å². The van der Waals surface area contributed by atoms with Gasteiger partial charge in [-0.15, -0.1) is 0 Å². The SMILES string of the molecule is CCCNC(=O)CNC(=NC)NCc1cc(OC)ccc1OC(F)F. The zero-order valence-electron chi connectivity index (χ0n) is 14.6. The minimum absolute atomic E-state index is 0.0411. The second kappa shape index (κ2) is 11.1. The van der Waals surface area contributed by atoms with Crippen molar-refractivity contribution >= 4 is 11.9 Å². The van der Waals surface area contributed by atoms with Crippen LogP contribution < -0.4 is 25.4 Å². The van der Waals surface area contributed by atoms with Gasteiger partial charge in [0, 0.05) is 25.7 Å². The lowest BCUT2D eigenvalue weighted by atomic mass is 10.2. The minimum atomic E-state index is -2.92. The van der Waals surface area contributed by atoms with Gasteiger partial charge in [-0.05, 0) is 24.6 Å². The van der Waals surface area contributed by atoms with Crippen molar-refractivity contribution in [2.75, 3.05) is 27.2 Å². The van der Waals surface area contributed by atoms with Gasteiger partial charge in [0.2, 0.25) is 5.91 Å². The van der Waals surface area contributed by atoms with Crippen LogP contribution >= 0.6 is 0 Å². The Morgan fingerprint density at radius 3 is 2.64 bits per heavy atom. The summed E-state index contributed by atoms with van der Waals surface area (Å²) < 4.78 is 34.6. The van der Waals surface area contributed by atoms with Crippen LogP contribution in [0.1, 0.15) is 18.9 Å². The maximum atomic E-state index is 12.5. The number of ether oxygens (including phenoxy) is 2. The second-order valence-electron chi connectivity index (χ2n) is 4.98. The molecule has 0 fully saturated rings. The first-order valence-electron chi connectivity index (χ1n) is 7.83. The second-order valence-corrected chi connectivity index (χ2v) is 4.98. The van der Waals surface area contributed by atoms with Crippen LogP contribution in [-0.4, -0.2) is 45.7 Å². The van der Waals surface area contributed by atoms with Crippen LogP contribution in [0, 0.1) is 0 Å². The van der Waals surface area contributed by atoms with E-state index in [1.165, 1.54) is 19.2 Å². The molecule has 0 radical (unpaired) electrons. The Morgan fingerprint density at radius 1 is 1.28 bits per heavy atom. The number of aliphatic imine (C=N–C) groups is 1. The molecule has 0 aliphatic rings. The van der Waals surface area contributed by atoms with E-state index in [0.717, 1.165) is 6.42 Å². The van der Waals surface area contributed by atoms with Crippen molar-refractivity contribution in [1.29, 1.82) is 0 Å². The molecule has 3 N–H and O–H groups in total. The van der Waals surface area contributed by atoms with E-state index >= 15 is 0 Å². The molecular weight excluding hydrogens is 334 g/mol. The fourth-order valence-corrected chi connectivity index (χ4v) is 1.92. The molecule has 1 rings (SSSR count). The van der Waals surface area contributed by atoms with Crippen molar-refractivity contribution < 1.29 is 23.0 Å². The fraction of sp³-hybridized carbons (Fsp3) is 0.500. The molecule has 0 atom stereocenters. The standard InChI is InChI=1S/C16H24F2N4O3/c1-4-7-20-14(23)10-22-16(19-2)21-9-11-8-12(24-3)5-6-13(11)25-15(17)18/h5-6,8,15H,4,7,9-10H2,1-3H3,(H,20,23)(H2,19,21,22). The maximum Gasteiger partial charge on any atom is 0.387 e. The number of amides is 1. The number of methoxy groups -OCH3 is 1. The number of guanidine groups is 1. The summed E-state index contributed by atoms with van der Waals surface area (Å²) in [6.07, 6.45) is 0.849. The van der Waals surface area contributed by atoms with E-state index in [9.17, 15) is 13.6 Å². The summed E-state index contributed by atoms with van der Waals surface area (Å²) in [6, 6.07) is 4.54. The summed E-state index contributed by atoms with van der Waals surface area (Å²) in [4.78, 5) is 15.6. The monoisotopic (exact) mass is 358 g/mol. The van der Waals surface area contributed by atoms with Crippen LogP contribution in [0.2, 0.25) is 0 Å². The van der Waals surface area contributed by atoms with Crippen LogP contribution in [0.4, 0.5) is 8.78 Å². The number of halogens is 2. The topological polar surface area (TPSA) is 84.0 Å². The van der Waals surface area contributed by atoms with Gasteiger partial charge in [-0.25, -0.2) is 0 Å². The number of carbonyl (C=O) groups excluding carboxylic acids is 1. The van der Waals surface area contributed by atoms with Gasteiger partial charge >= 0.3 is 6.61 Å². The molecule has 1 aromatic rings. The molecule has 0 aliphatic carbocycles. The molecule has 1 amide bonds. The molecule has 9 heteroatoms. The highest BCUT2D eigenvalue weighted by Gasteiger charge is 2.12. The quantitative estimate of drug-likeness (QED) is 0.460. The van der Waals surface area contributed by atoms with E-state index in [1.54, 1.807) is 13.1 Å². The Labute approximate surface area is 145 Å². The highest BCUT2D eigenvalue weighted by molar-refractivity contribution is 5.86. The minimum Gasteiger partial charge on any atom is -0.497 e. The van der Waals surface area contributed by atoms with Gasteiger partial charge < -0.3 is 25.4 Å². The number of benzene rings is 1. The number of hydrogen-bond acceptors (Lipinski definition) is 4. The molecule has 140 valence electrons. The van der Waals surface area contributed by atoms with Crippen LogP contribution in [0.5, 0.6) is 11.5 Å². The lowest BCUT2D eigenvalue weighted by Gasteiger charge is -2.15. The third-order valence-corrected chi connectivity index (χ3v) is 3.14. The predicted molar refractivity (Wildman–Crippen MR) is 91.1 cm³/mol. The van der Waals surface area contributed by atoms with Gasteiger partial charge in [0.15, 0.2) is 5.96 Å². The summed E-state index contributed by atoms with van der Waals surface area (Å²) in [5.41, 5.74) is 0.470. The highest BCUT2D eigenvalue weighted by Crippen LogP contribution is 2.25. The molecule has 0 spiro atoms. The van der Waals surface area contributed by atoms with Crippen molar-refractivity contribution in [3.63, 3.8) is 0 Å². The predicted octanol–water partition coefficient (Wildman–Crippen LogP) is 1.49. The first kappa shape index (κ1) is 20.5. The summed E-state index contributed by atoms with van der Waals surface area (Å²) >= 11 is 0. The van der Waals surface area contributed by atoms with Gasteiger partial charge in [0.05, 0.1) is 13.7 Å². The number of alkyl halides is 2. The first-order valence-corrected chi connectivity index (χ1v) is 7.83. The van der Waals surface area contributed by atoms with E-state index in [1.807, 2.05) is 6.92 Å². The Hall–Kier alpha value is -2.58. The average Bonchev–Trinajstić information content (AvgIpc) is 2.60. The number of nitrogens with one attached hydrogen (secondary N) is 3.